The van der Waals surface area contributed by atoms with Crippen LogP contribution < -0.4 is 0 Å². The molecule has 2 rings (SSSR count). The summed E-state index contributed by atoms with van der Waals surface area (Å²) in [7, 11) is 0. The molecule has 0 radical (unpaired) electrons. The molecule has 0 spiro atoms. The minimum absolute atomic E-state index is 0.343. The van der Waals surface area contributed by atoms with Crippen molar-refractivity contribution in [2.75, 3.05) is 12.4 Å². The summed E-state index contributed by atoms with van der Waals surface area (Å²) in [4.78, 5) is 14.1. The van der Waals surface area contributed by atoms with Crippen LogP contribution in [0.3, 0.4) is 0 Å². The van der Waals surface area contributed by atoms with Crippen LogP contribution in [-0.4, -0.2) is 29.3 Å². The highest BCUT2D eigenvalue weighted by molar-refractivity contribution is 6.18. The van der Waals surface area contributed by atoms with Crippen molar-refractivity contribution in [2.45, 2.75) is 51.0 Å². The molecule has 2 nitrogen and oxygen atoms in total. The van der Waals surface area contributed by atoms with Gasteiger partial charge in [-0.2, -0.15) is 0 Å². The highest BCUT2D eigenvalue weighted by Gasteiger charge is 2.36. The second-order valence-corrected chi connectivity index (χ2v) is 5.16. The van der Waals surface area contributed by atoms with Crippen LogP contribution in [-0.2, 0) is 4.79 Å². The van der Waals surface area contributed by atoms with Crippen LogP contribution in [0.4, 0.5) is 0 Å². The first kappa shape index (κ1) is 11.3. The fourth-order valence-electron chi connectivity index (χ4n) is 2.52. The van der Waals surface area contributed by atoms with E-state index in [0.29, 0.717) is 23.7 Å². The third kappa shape index (κ3) is 2.87. The fraction of sp³-hybridized carbons (Fsp3) is 0.917. The Morgan fingerprint density at radius 1 is 1.13 bits per heavy atom. The third-order valence-electron chi connectivity index (χ3n) is 3.55. The molecule has 2 fully saturated rings. The summed E-state index contributed by atoms with van der Waals surface area (Å²) in [5.74, 6) is 1.30. The number of hydrogen-bond acceptors (Lipinski definition) is 1. The molecule has 0 N–H and O–H groups in total. The van der Waals surface area contributed by atoms with Gasteiger partial charge in [0, 0.05) is 24.4 Å². The van der Waals surface area contributed by atoms with Crippen molar-refractivity contribution in [2.24, 2.45) is 5.92 Å². The second kappa shape index (κ2) is 5.20. The van der Waals surface area contributed by atoms with Gasteiger partial charge < -0.3 is 4.90 Å². The van der Waals surface area contributed by atoms with Crippen LogP contribution in [0.5, 0.6) is 0 Å². The lowest BCUT2D eigenvalue weighted by Gasteiger charge is -2.34. The molecule has 0 aromatic carbocycles. The van der Waals surface area contributed by atoms with Gasteiger partial charge in [-0.25, -0.2) is 0 Å². The lowest BCUT2D eigenvalue weighted by Crippen LogP contribution is -2.43. The summed E-state index contributed by atoms with van der Waals surface area (Å²) in [5.41, 5.74) is 0. The first-order chi connectivity index (χ1) is 7.33. The largest absolute Gasteiger partial charge is 0.338 e. The average molecular weight is 230 g/mol. The maximum absolute atomic E-state index is 12.1. The van der Waals surface area contributed by atoms with Crippen LogP contribution in [0.1, 0.15) is 44.9 Å². The predicted octanol–water partition coefficient (Wildman–Crippen LogP) is 2.80. The van der Waals surface area contributed by atoms with E-state index in [9.17, 15) is 4.79 Å². The Morgan fingerprint density at radius 3 is 2.33 bits per heavy atom. The molecule has 2 aliphatic carbocycles. The van der Waals surface area contributed by atoms with E-state index >= 15 is 0 Å². The molecule has 0 atom stereocenters. The van der Waals surface area contributed by atoms with Crippen LogP contribution in [0.25, 0.3) is 0 Å². The monoisotopic (exact) mass is 229 g/mol. The highest BCUT2D eigenvalue weighted by Crippen LogP contribution is 2.33. The molecular formula is C12H20ClNO. The second-order valence-electron chi connectivity index (χ2n) is 4.79. The van der Waals surface area contributed by atoms with Crippen LogP contribution in [0, 0.1) is 5.92 Å². The number of carbonyl (C=O) groups is 1. The number of rotatable bonds is 4. The molecule has 0 aromatic heterocycles. The molecule has 2 saturated carbocycles. The number of hydrogen-bond donors (Lipinski definition) is 0. The van der Waals surface area contributed by atoms with E-state index < -0.39 is 0 Å². The molecule has 2 aliphatic rings. The summed E-state index contributed by atoms with van der Waals surface area (Å²) >= 11 is 5.79. The fourth-order valence-corrected chi connectivity index (χ4v) is 2.70. The molecule has 0 aliphatic heterocycles. The summed E-state index contributed by atoms with van der Waals surface area (Å²) < 4.78 is 0. The van der Waals surface area contributed by atoms with Gasteiger partial charge in [0.2, 0.25) is 5.91 Å². The van der Waals surface area contributed by atoms with E-state index in [0.717, 1.165) is 19.4 Å². The van der Waals surface area contributed by atoms with E-state index in [1.807, 2.05) is 0 Å². The Balaban J connectivity index is 1.93. The van der Waals surface area contributed by atoms with E-state index in [1.165, 1.54) is 32.1 Å². The van der Waals surface area contributed by atoms with E-state index in [-0.39, 0.29) is 0 Å². The Morgan fingerprint density at radius 2 is 1.80 bits per heavy atom. The van der Waals surface area contributed by atoms with Gasteiger partial charge in [0.15, 0.2) is 0 Å². The van der Waals surface area contributed by atoms with Gasteiger partial charge in [-0.05, 0) is 25.7 Å². The number of halogens is 1. The van der Waals surface area contributed by atoms with Gasteiger partial charge in [-0.3, -0.25) is 4.79 Å². The average Bonchev–Trinajstić information content (AvgIpc) is 3.10. The summed E-state index contributed by atoms with van der Waals surface area (Å²) in [6.45, 7) is 0.752. The zero-order valence-corrected chi connectivity index (χ0v) is 10.0. The molecule has 0 unspecified atom stereocenters. The number of nitrogens with zero attached hydrogens (tertiary/aromatic N) is 1. The van der Waals surface area contributed by atoms with E-state index in [2.05, 4.69) is 4.90 Å². The molecule has 1 amide bonds. The van der Waals surface area contributed by atoms with Crippen molar-refractivity contribution in [3.8, 4) is 0 Å². The minimum Gasteiger partial charge on any atom is -0.338 e. The van der Waals surface area contributed by atoms with Gasteiger partial charge in [-0.1, -0.05) is 19.3 Å². The van der Waals surface area contributed by atoms with Crippen LogP contribution in [0.2, 0.25) is 0 Å². The topological polar surface area (TPSA) is 20.3 Å². The zero-order chi connectivity index (χ0) is 10.7. The van der Waals surface area contributed by atoms with Crippen molar-refractivity contribution in [3.05, 3.63) is 0 Å². The quantitative estimate of drug-likeness (QED) is 0.679. The van der Waals surface area contributed by atoms with Crippen molar-refractivity contribution in [3.63, 3.8) is 0 Å². The van der Waals surface area contributed by atoms with E-state index in [4.69, 9.17) is 11.6 Å². The zero-order valence-electron chi connectivity index (χ0n) is 9.25. The SMILES string of the molecule is O=C(C1CC1)N(CCCl)C1CCCCC1. The van der Waals surface area contributed by atoms with E-state index in [1.54, 1.807) is 0 Å². The lowest BCUT2D eigenvalue weighted by atomic mass is 9.94. The minimum atomic E-state index is 0.343. The molecule has 0 aromatic rings. The smallest absolute Gasteiger partial charge is 0.225 e. The van der Waals surface area contributed by atoms with Crippen molar-refractivity contribution in [1.29, 1.82) is 0 Å². The first-order valence-electron chi connectivity index (χ1n) is 6.19. The molecule has 0 saturated heterocycles. The molecular weight excluding hydrogens is 210 g/mol. The van der Waals surface area contributed by atoms with Crippen LogP contribution >= 0.6 is 11.6 Å². The standard InChI is InChI=1S/C12H20ClNO/c13-8-9-14(12(15)10-6-7-10)11-4-2-1-3-5-11/h10-11H,1-9H2. The summed E-state index contributed by atoms with van der Waals surface area (Å²) in [6.07, 6.45) is 8.48. The van der Waals surface area contributed by atoms with Crippen LogP contribution in [0.15, 0.2) is 0 Å². The Kier molecular flexibility index (Phi) is 3.90. The normalized spacial score (nSPS) is 22.7. The van der Waals surface area contributed by atoms with Crippen molar-refractivity contribution in [1.82, 2.24) is 4.90 Å². The van der Waals surface area contributed by atoms with Gasteiger partial charge >= 0.3 is 0 Å². The predicted molar refractivity (Wildman–Crippen MR) is 62.0 cm³/mol. The Hall–Kier alpha value is -0.240. The number of alkyl halides is 1. The molecule has 86 valence electrons. The third-order valence-corrected chi connectivity index (χ3v) is 3.72. The maximum Gasteiger partial charge on any atom is 0.225 e. The Labute approximate surface area is 97.0 Å². The maximum atomic E-state index is 12.1. The van der Waals surface area contributed by atoms with Gasteiger partial charge in [0.1, 0.15) is 0 Å². The lowest BCUT2D eigenvalue weighted by molar-refractivity contribution is -0.135. The summed E-state index contributed by atoms with van der Waals surface area (Å²) in [5, 5.41) is 0. The molecule has 0 bridgehead atoms. The number of amides is 1. The molecule has 3 heteroatoms. The molecule has 15 heavy (non-hydrogen) atoms. The number of carbonyl (C=O) groups excluding carboxylic acids is 1. The van der Waals surface area contributed by atoms with Gasteiger partial charge in [0.25, 0.3) is 0 Å². The van der Waals surface area contributed by atoms with Gasteiger partial charge in [0.05, 0.1) is 0 Å². The summed E-state index contributed by atoms with van der Waals surface area (Å²) in [6, 6.07) is 0.491. The Bertz CT molecular complexity index is 222. The highest BCUT2D eigenvalue weighted by atomic mass is 35.5. The molecule has 0 heterocycles. The van der Waals surface area contributed by atoms with Crippen molar-refractivity contribution < 1.29 is 4.79 Å². The first-order valence-corrected chi connectivity index (χ1v) is 6.73. The van der Waals surface area contributed by atoms with Gasteiger partial charge in [-0.15, -0.1) is 11.6 Å². The van der Waals surface area contributed by atoms with Crippen molar-refractivity contribution >= 4 is 17.5 Å².